The van der Waals surface area contributed by atoms with Crippen LogP contribution >= 0.6 is 24.0 Å². The molecule has 3 rings (SSSR count). The highest BCUT2D eigenvalue weighted by Crippen LogP contribution is 2.47. The summed E-state index contributed by atoms with van der Waals surface area (Å²) < 4.78 is 11.3. The molecule has 0 amide bonds. The highest BCUT2D eigenvalue weighted by molar-refractivity contribution is 14.0. The molecule has 1 spiro atoms. The quantitative estimate of drug-likeness (QED) is 0.301. The summed E-state index contributed by atoms with van der Waals surface area (Å²) in [6.45, 7) is 5.75. The summed E-state index contributed by atoms with van der Waals surface area (Å²) in [6.07, 6.45) is 9.29. The zero-order valence-corrected chi connectivity index (χ0v) is 16.7. The molecule has 5 nitrogen and oxygen atoms in total. The van der Waals surface area contributed by atoms with E-state index in [1.807, 2.05) is 7.05 Å². The van der Waals surface area contributed by atoms with Crippen LogP contribution in [-0.2, 0) is 9.47 Å². The Hall–Kier alpha value is -0.0800. The number of guanidine groups is 1. The number of hydrogen-bond donors (Lipinski definition) is 1. The molecule has 2 aliphatic heterocycles. The molecule has 0 aromatic rings. The molecule has 0 bridgehead atoms. The first kappa shape index (κ1) is 19.2. The first-order valence-electron chi connectivity index (χ1n) is 8.96. The first-order chi connectivity index (χ1) is 10.8. The molecule has 1 N–H and O–H groups in total. The van der Waals surface area contributed by atoms with E-state index in [-0.39, 0.29) is 24.0 Å². The maximum absolute atomic E-state index is 5.70. The lowest BCUT2D eigenvalue weighted by molar-refractivity contribution is 0.0168. The van der Waals surface area contributed by atoms with Gasteiger partial charge in [-0.3, -0.25) is 4.99 Å². The van der Waals surface area contributed by atoms with Crippen molar-refractivity contribution in [2.45, 2.75) is 51.0 Å². The lowest BCUT2D eigenvalue weighted by Crippen LogP contribution is -2.43. The maximum Gasteiger partial charge on any atom is 0.193 e. The van der Waals surface area contributed by atoms with Crippen LogP contribution in [0.1, 0.15) is 44.9 Å². The van der Waals surface area contributed by atoms with E-state index >= 15 is 0 Å². The predicted molar refractivity (Wildman–Crippen MR) is 104 cm³/mol. The van der Waals surface area contributed by atoms with Gasteiger partial charge in [-0.2, -0.15) is 0 Å². The van der Waals surface area contributed by atoms with Crippen molar-refractivity contribution >= 4 is 29.9 Å². The molecule has 23 heavy (non-hydrogen) atoms. The Morgan fingerprint density at radius 1 is 1.35 bits per heavy atom. The molecule has 2 saturated heterocycles. The molecule has 0 radical (unpaired) electrons. The number of nitrogens with zero attached hydrogens (tertiary/aromatic N) is 2. The van der Waals surface area contributed by atoms with Crippen LogP contribution in [0, 0.1) is 5.41 Å². The zero-order chi connectivity index (χ0) is 15.3. The van der Waals surface area contributed by atoms with Crippen LogP contribution in [0.3, 0.4) is 0 Å². The van der Waals surface area contributed by atoms with Crippen LogP contribution in [0.5, 0.6) is 0 Å². The van der Waals surface area contributed by atoms with Crippen LogP contribution in [0.2, 0.25) is 0 Å². The monoisotopic (exact) mass is 437 g/mol. The molecular weight excluding hydrogens is 405 g/mol. The van der Waals surface area contributed by atoms with Crippen molar-refractivity contribution in [3.05, 3.63) is 0 Å². The van der Waals surface area contributed by atoms with Gasteiger partial charge in [0.1, 0.15) is 0 Å². The first-order valence-corrected chi connectivity index (χ1v) is 8.96. The Labute approximate surface area is 157 Å². The molecular formula is C17H32IN3O2. The highest BCUT2D eigenvalue weighted by atomic mass is 127. The summed E-state index contributed by atoms with van der Waals surface area (Å²) in [5.74, 6) is 1.07. The number of ether oxygens (including phenoxy) is 2. The van der Waals surface area contributed by atoms with Crippen molar-refractivity contribution in [1.82, 2.24) is 10.2 Å². The number of rotatable bonds is 6. The molecule has 0 aromatic heterocycles. The van der Waals surface area contributed by atoms with Gasteiger partial charge in [0.05, 0.1) is 12.7 Å². The van der Waals surface area contributed by atoms with E-state index < -0.39 is 0 Å². The normalized spacial score (nSPS) is 26.2. The summed E-state index contributed by atoms with van der Waals surface area (Å²) in [4.78, 5) is 6.88. The molecule has 0 aromatic carbocycles. The zero-order valence-electron chi connectivity index (χ0n) is 14.4. The third-order valence-electron chi connectivity index (χ3n) is 5.44. The second kappa shape index (κ2) is 9.42. The van der Waals surface area contributed by atoms with Gasteiger partial charge in [0, 0.05) is 39.9 Å². The van der Waals surface area contributed by atoms with E-state index in [9.17, 15) is 0 Å². The van der Waals surface area contributed by atoms with Gasteiger partial charge in [-0.25, -0.2) is 0 Å². The van der Waals surface area contributed by atoms with Gasteiger partial charge in [0.2, 0.25) is 0 Å². The Bertz CT molecular complexity index is 382. The molecule has 3 fully saturated rings. The van der Waals surface area contributed by atoms with Gasteiger partial charge < -0.3 is 19.7 Å². The van der Waals surface area contributed by atoms with Gasteiger partial charge in [-0.15, -0.1) is 24.0 Å². The minimum Gasteiger partial charge on any atom is -0.379 e. The van der Waals surface area contributed by atoms with Gasteiger partial charge in [-0.1, -0.05) is 6.42 Å². The fourth-order valence-electron chi connectivity index (χ4n) is 3.90. The number of halogens is 1. The molecule has 1 atom stereocenters. The number of likely N-dealkylation sites (tertiary alicyclic amines) is 1. The Balaban J connectivity index is 0.00000192. The molecule has 134 valence electrons. The average molecular weight is 437 g/mol. The lowest BCUT2D eigenvalue weighted by atomic mass is 9.68. The third-order valence-corrected chi connectivity index (χ3v) is 5.44. The van der Waals surface area contributed by atoms with Gasteiger partial charge in [-0.05, 0) is 43.9 Å². The minimum absolute atomic E-state index is 0. The smallest absolute Gasteiger partial charge is 0.193 e. The SMILES string of the molecule is CN=C(NCCCOCC1CCCO1)N1CCC2(CCC2)C1.I. The van der Waals surface area contributed by atoms with Crippen LogP contribution in [0.25, 0.3) is 0 Å². The van der Waals surface area contributed by atoms with E-state index in [0.717, 1.165) is 51.7 Å². The van der Waals surface area contributed by atoms with Crippen molar-refractivity contribution in [1.29, 1.82) is 0 Å². The standard InChI is InChI=1S/C17H31N3O2.HI/c1-18-16(20-10-8-17(14-20)6-3-7-17)19-9-4-11-21-13-15-5-2-12-22-15;/h15H,2-14H2,1H3,(H,18,19);1H. The number of nitrogens with one attached hydrogen (secondary N) is 1. The van der Waals surface area contributed by atoms with Crippen molar-refractivity contribution in [2.24, 2.45) is 10.4 Å². The van der Waals surface area contributed by atoms with Crippen molar-refractivity contribution < 1.29 is 9.47 Å². The predicted octanol–water partition coefficient (Wildman–Crippen LogP) is 2.64. The fourth-order valence-corrected chi connectivity index (χ4v) is 3.90. The van der Waals surface area contributed by atoms with Crippen LogP contribution in [0.4, 0.5) is 0 Å². The maximum atomic E-state index is 5.70. The van der Waals surface area contributed by atoms with Gasteiger partial charge in [0.25, 0.3) is 0 Å². The van der Waals surface area contributed by atoms with E-state index in [1.54, 1.807) is 0 Å². The van der Waals surface area contributed by atoms with E-state index in [1.165, 1.54) is 38.6 Å². The van der Waals surface area contributed by atoms with Crippen molar-refractivity contribution in [2.75, 3.05) is 46.5 Å². The minimum atomic E-state index is 0. The second-order valence-corrected chi connectivity index (χ2v) is 7.06. The van der Waals surface area contributed by atoms with Crippen molar-refractivity contribution in [3.8, 4) is 0 Å². The lowest BCUT2D eigenvalue weighted by Gasteiger charge is -2.38. The number of aliphatic imine (C=N–C) groups is 1. The average Bonchev–Trinajstić information content (AvgIpc) is 3.15. The Morgan fingerprint density at radius 3 is 2.83 bits per heavy atom. The Morgan fingerprint density at radius 2 is 2.22 bits per heavy atom. The molecule has 6 heteroatoms. The number of hydrogen-bond acceptors (Lipinski definition) is 3. The summed E-state index contributed by atoms with van der Waals surface area (Å²) >= 11 is 0. The van der Waals surface area contributed by atoms with Crippen LogP contribution in [-0.4, -0.2) is 63.5 Å². The molecule has 1 unspecified atom stereocenters. The highest BCUT2D eigenvalue weighted by Gasteiger charge is 2.43. The summed E-state index contributed by atoms with van der Waals surface area (Å²) in [5.41, 5.74) is 0.627. The van der Waals surface area contributed by atoms with Gasteiger partial charge >= 0.3 is 0 Å². The third kappa shape index (κ3) is 5.19. The largest absolute Gasteiger partial charge is 0.379 e. The topological polar surface area (TPSA) is 46.1 Å². The summed E-state index contributed by atoms with van der Waals surface area (Å²) in [7, 11) is 1.89. The molecule has 2 heterocycles. The van der Waals surface area contributed by atoms with Gasteiger partial charge in [0.15, 0.2) is 5.96 Å². The Kier molecular flexibility index (Phi) is 7.88. The molecule has 1 aliphatic carbocycles. The summed E-state index contributed by atoms with van der Waals surface area (Å²) in [5, 5.41) is 3.49. The van der Waals surface area contributed by atoms with Crippen LogP contribution in [0.15, 0.2) is 4.99 Å². The van der Waals surface area contributed by atoms with Crippen LogP contribution < -0.4 is 5.32 Å². The fraction of sp³-hybridized carbons (Fsp3) is 0.941. The van der Waals surface area contributed by atoms with E-state index in [0.29, 0.717) is 11.5 Å². The van der Waals surface area contributed by atoms with E-state index in [4.69, 9.17) is 9.47 Å². The second-order valence-electron chi connectivity index (χ2n) is 7.06. The molecule has 1 saturated carbocycles. The van der Waals surface area contributed by atoms with Crippen molar-refractivity contribution in [3.63, 3.8) is 0 Å². The summed E-state index contributed by atoms with van der Waals surface area (Å²) in [6, 6.07) is 0. The van der Waals surface area contributed by atoms with E-state index in [2.05, 4.69) is 15.2 Å². The molecule has 3 aliphatic rings.